The van der Waals surface area contributed by atoms with Crippen LogP contribution in [0.4, 0.5) is 0 Å². The lowest BCUT2D eigenvalue weighted by atomic mass is 10.1. The molecule has 6 nitrogen and oxygen atoms in total. The van der Waals surface area contributed by atoms with Crippen molar-refractivity contribution in [3.63, 3.8) is 0 Å². The summed E-state index contributed by atoms with van der Waals surface area (Å²) in [5.74, 6) is -0.309. The number of hydrogen-bond acceptors (Lipinski definition) is 4. The summed E-state index contributed by atoms with van der Waals surface area (Å²) in [5, 5.41) is -0.453. The van der Waals surface area contributed by atoms with Crippen molar-refractivity contribution in [2.75, 3.05) is 13.1 Å². The third-order valence-electron chi connectivity index (χ3n) is 4.80. The van der Waals surface area contributed by atoms with E-state index >= 15 is 0 Å². The Hall–Kier alpha value is -2.41. The minimum Gasteiger partial charge on any atom is -0.338 e. The number of likely N-dealkylation sites (tertiary alicyclic amines) is 1. The molecule has 1 aliphatic rings. The zero-order valence-corrected chi connectivity index (χ0v) is 15.5. The molecule has 0 unspecified atom stereocenters. The van der Waals surface area contributed by atoms with Crippen LogP contribution in [0.5, 0.6) is 0 Å². The molecule has 1 amide bonds. The van der Waals surface area contributed by atoms with Crippen LogP contribution in [-0.4, -0.2) is 42.1 Å². The molecule has 0 saturated carbocycles. The topological polar surface area (TPSA) is 76.5 Å². The van der Waals surface area contributed by atoms with Gasteiger partial charge in [0, 0.05) is 26.3 Å². The number of amides is 1. The van der Waals surface area contributed by atoms with Crippen molar-refractivity contribution in [1.82, 2.24) is 9.47 Å². The van der Waals surface area contributed by atoms with Crippen LogP contribution in [0.15, 0.2) is 53.5 Å². The molecule has 3 rings (SSSR count). The van der Waals surface area contributed by atoms with Gasteiger partial charge in [-0.2, -0.15) is 0 Å². The number of aryl methyl sites for hydroxylation is 1. The van der Waals surface area contributed by atoms with Gasteiger partial charge in [-0.05, 0) is 30.5 Å². The van der Waals surface area contributed by atoms with Gasteiger partial charge in [-0.15, -0.1) is 0 Å². The van der Waals surface area contributed by atoms with E-state index in [2.05, 4.69) is 0 Å². The Labute approximate surface area is 153 Å². The Morgan fingerprint density at radius 3 is 2.38 bits per heavy atom. The summed E-state index contributed by atoms with van der Waals surface area (Å²) in [6.45, 7) is 0.686. The lowest BCUT2D eigenvalue weighted by Gasteiger charge is -2.31. The summed E-state index contributed by atoms with van der Waals surface area (Å²) in [6.07, 6.45) is 2.39. The minimum absolute atomic E-state index is 0.0195. The lowest BCUT2D eigenvalue weighted by molar-refractivity contribution is 0.0723. The summed E-state index contributed by atoms with van der Waals surface area (Å²) in [6, 6.07) is 12.3. The number of hydrogen-bond donors (Lipinski definition) is 0. The first-order valence-corrected chi connectivity index (χ1v) is 10.3. The molecule has 1 aromatic carbocycles. The third-order valence-corrected chi connectivity index (χ3v) is 7.02. The van der Waals surface area contributed by atoms with E-state index in [1.807, 2.05) is 18.2 Å². The smallest absolute Gasteiger partial charge is 0.263 e. The van der Waals surface area contributed by atoms with Crippen LogP contribution in [0.2, 0.25) is 0 Å². The quantitative estimate of drug-likeness (QED) is 0.815. The summed E-state index contributed by atoms with van der Waals surface area (Å²) in [4.78, 5) is 26.3. The van der Waals surface area contributed by atoms with Crippen LogP contribution in [0, 0.1) is 0 Å². The Kier molecular flexibility index (Phi) is 5.27. The molecule has 0 atom stereocenters. The van der Waals surface area contributed by atoms with Crippen molar-refractivity contribution in [1.29, 1.82) is 0 Å². The van der Waals surface area contributed by atoms with Gasteiger partial charge in [0.25, 0.3) is 11.5 Å². The van der Waals surface area contributed by atoms with Crippen molar-refractivity contribution in [3.05, 3.63) is 70.1 Å². The Morgan fingerprint density at radius 1 is 1.08 bits per heavy atom. The second-order valence-electron chi connectivity index (χ2n) is 6.62. The predicted molar refractivity (Wildman–Crippen MR) is 99.7 cm³/mol. The largest absolute Gasteiger partial charge is 0.338 e. The van der Waals surface area contributed by atoms with Gasteiger partial charge >= 0.3 is 0 Å². The highest BCUT2D eigenvalue weighted by Gasteiger charge is 2.32. The fraction of sp³-hybridized carbons (Fsp3) is 0.368. The molecule has 2 heterocycles. The third kappa shape index (κ3) is 3.88. The molecular formula is C19H22N2O4S. The summed E-state index contributed by atoms with van der Waals surface area (Å²) in [7, 11) is -1.67. The molecule has 26 heavy (non-hydrogen) atoms. The molecule has 0 aliphatic carbocycles. The summed E-state index contributed by atoms with van der Waals surface area (Å²) < 4.78 is 26.7. The first-order valence-electron chi connectivity index (χ1n) is 8.59. The number of carbonyl (C=O) groups is 1. The number of carbonyl (C=O) groups excluding carboxylic acids is 1. The number of aromatic nitrogens is 1. The average molecular weight is 374 g/mol. The fourth-order valence-corrected chi connectivity index (χ4v) is 5.09. The molecule has 0 N–H and O–H groups in total. The fourth-order valence-electron chi connectivity index (χ4n) is 3.27. The maximum Gasteiger partial charge on any atom is 0.263 e. The zero-order valence-electron chi connectivity index (χ0n) is 14.7. The molecule has 1 aliphatic heterocycles. The summed E-state index contributed by atoms with van der Waals surface area (Å²) >= 11 is 0. The highest BCUT2D eigenvalue weighted by Crippen LogP contribution is 2.22. The molecule has 2 aromatic rings. The highest BCUT2D eigenvalue weighted by molar-refractivity contribution is 7.91. The Balaban J connectivity index is 1.66. The number of rotatable bonds is 4. The highest BCUT2D eigenvalue weighted by atomic mass is 32.2. The second-order valence-corrected chi connectivity index (χ2v) is 8.90. The van der Waals surface area contributed by atoms with Crippen LogP contribution in [0.25, 0.3) is 0 Å². The lowest BCUT2D eigenvalue weighted by Crippen LogP contribution is -2.44. The first-order chi connectivity index (χ1) is 12.4. The minimum atomic E-state index is -3.27. The number of benzene rings is 1. The van der Waals surface area contributed by atoms with Gasteiger partial charge in [-0.25, -0.2) is 8.42 Å². The zero-order chi connectivity index (χ0) is 18.7. The van der Waals surface area contributed by atoms with Crippen LogP contribution in [0.3, 0.4) is 0 Å². The molecule has 0 bridgehead atoms. The van der Waals surface area contributed by atoms with Gasteiger partial charge in [-0.1, -0.05) is 30.3 Å². The molecule has 0 radical (unpaired) electrons. The van der Waals surface area contributed by atoms with Gasteiger partial charge in [0.05, 0.1) is 11.0 Å². The van der Waals surface area contributed by atoms with E-state index in [4.69, 9.17) is 0 Å². The molecule has 1 aromatic heterocycles. The van der Waals surface area contributed by atoms with E-state index in [1.54, 1.807) is 36.3 Å². The van der Waals surface area contributed by atoms with Gasteiger partial charge in [0.1, 0.15) is 5.56 Å². The number of nitrogens with zero attached hydrogens (tertiary/aromatic N) is 2. The van der Waals surface area contributed by atoms with Crippen LogP contribution >= 0.6 is 0 Å². The number of piperidine rings is 1. The Bertz CT molecular complexity index is 943. The molecule has 7 heteroatoms. The number of sulfone groups is 1. The van der Waals surface area contributed by atoms with Gasteiger partial charge in [0.15, 0.2) is 9.84 Å². The van der Waals surface area contributed by atoms with Crippen molar-refractivity contribution in [2.24, 2.45) is 7.05 Å². The average Bonchev–Trinajstić information content (AvgIpc) is 2.64. The van der Waals surface area contributed by atoms with Crippen LogP contribution < -0.4 is 5.56 Å². The molecule has 138 valence electrons. The molecular weight excluding hydrogens is 352 g/mol. The van der Waals surface area contributed by atoms with Crippen LogP contribution in [-0.2, 0) is 22.6 Å². The maximum absolute atomic E-state index is 12.6. The SMILES string of the molecule is Cn1cccc(C(=O)N2CCC(S(=O)(=O)Cc3ccccc3)CC2)c1=O. The van der Waals surface area contributed by atoms with E-state index in [-0.39, 0.29) is 22.8 Å². The monoisotopic (exact) mass is 374 g/mol. The standard InChI is InChI=1S/C19H22N2O4S/c1-20-11-5-8-17(18(20)22)19(23)21-12-9-16(10-13-21)26(24,25)14-15-6-3-2-4-7-15/h2-8,11,16H,9-10,12-14H2,1H3. The van der Waals surface area contributed by atoms with E-state index in [1.165, 1.54) is 10.6 Å². The van der Waals surface area contributed by atoms with E-state index in [0.717, 1.165) is 5.56 Å². The van der Waals surface area contributed by atoms with E-state index in [0.29, 0.717) is 25.9 Å². The Morgan fingerprint density at radius 2 is 1.73 bits per heavy atom. The normalized spacial score (nSPS) is 15.8. The van der Waals surface area contributed by atoms with Crippen molar-refractivity contribution >= 4 is 15.7 Å². The van der Waals surface area contributed by atoms with Crippen molar-refractivity contribution in [3.8, 4) is 0 Å². The van der Waals surface area contributed by atoms with E-state index in [9.17, 15) is 18.0 Å². The number of pyridine rings is 1. The molecule has 1 fully saturated rings. The maximum atomic E-state index is 12.6. The second kappa shape index (κ2) is 7.45. The van der Waals surface area contributed by atoms with Crippen molar-refractivity contribution in [2.45, 2.75) is 23.8 Å². The van der Waals surface area contributed by atoms with Gasteiger partial charge in [-0.3, -0.25) is 9.59 Å². The summed E-state index contributed by atoms with van der Waals surface area (Å²) in [5.41, 5.74) is 0.565. The van der Waals surface area contributed by atoms with Crippen molar-refractivity contribution < 1.29 is 13.2 Å². The van der Waals surface area contributed by atoms with Crippen LogP contribution in [0.1, 0.15) is 28.8 Å². The van der Waals surface area contributed by atoms with Gasteiger partial charge in [0.2, 0.25) is 0 Å². The first kappa shape index (κ1) is 18.4. The molecule has 1 saturated heterocycles. The van der Waals surface area contributed by atoms with Gasteiger partial charge < -0.3 is 9.47 Å². The predicted octanol–water partition coefficient (Wildman–Crippen LogP) is 1.60. The van der Waals surface area contributed by atoms with E-state index < -0.39 is 15.1 Å². The molecule has 0 spiro atoms.